The molecule has 6 nitrogen and oxygen atoms in total. The van der Waals surface area contributed by atoms with Crippen LogP contribution in [0.4, 0.5) is 14.5 Å². The minimum Gasteiger partial charge on any atom is -0.265 e. The zero-order chi connectivity index (χ0) is 24.8. The third kappa shape index (κ3) is 4.03. The molecule has 0 aromatic heterocycles. The van der Waals surface area contributed by atoms with Gasteiger partial charge in [-0.2, -0.15) is 4.31 Å². The van der Waals surface area contributed by atoms with Gasteiger partial charge in [-0.25, -0.2) is 25.6 Å². The van der Waals surface area contributed by atoms with Gasteiger partial charge in [-0.1, -0.05) is 48.5 Å². The van der Waals surface area contributed by atoms with Gasteiger partial charge in [-0.15, -0.1) is 0 Å². The molecule has 0 saturated carbocycles. The number of rotatable bonds is 5. The Kier molecular flexibility index (Phi) is 5.93. The van der Waals surface area contributed by atoms with Crippen molar-refractivity contribution >= 4 is 25.7 Å². The van der Waals surface area contributed by atoms with E-state index in [1.165, 1.54) is 20.7 Å². The van der Waals surface area contributed by atoms with Crippen molar-refractivity contribution in [2.45, 2.75) is 34.5 Å². The molecular formula is C25H24F2N2O4S2. The molecule has 1 fully saturated rings. The second-order valence-electron chi connectivity index (χ2n) is 8.90. The number of nitrogens with zero attached hydrogens (tertiary/aromatic N) is 2. The fourth-order valence-corrected chi connectivity index (χ4v) is 8.07. The molecule has 1 saturated heterocycles. The van der Waals surface area contributed by atoms with E-state index in [1.807, 2.05) is 12.1 Å². The van der Waals surface area contributed by atoms with E-state index in [9.17, 15) is 25.6 Å². The molecule has 0 N–H and O–H groups in total. The summed E-state index contributed by atoms with van der Waals surface area (Å²) in [5.41, 5.74) is 0.638. The van der Waals surface area contributed by atoms with Crippen LogP contribution in [0, 0.1) is 0 Å². The van der Waals surface area contributed by atoms with Crippen LogP contribution in [0.15, 0.2) is 88.7 Å². The lowest BCUT2D eigenvalue weighted by molar-refractivity contribution is 0.151. The van der Waals surface area contributed by atoms with Crippen LogP contribution in [0.1, 0.15) is 30.4 Å². The Morgan fingerprint density at radius 3 is 1.91 bits per heavy atom. The molecule has 184 valence electrons. The summed E-state index contributed by atoms with van der Waals surface area (Å²) < 4.78 is 82.0. The molecule has 0 unspecified atom stereocenters. The second-order valence-corrected chi connectivity index (χ2v) is 12.7. The summed E-state index contributed by atoms with van der Waals surface area (Å²) in [6.45, 7) is 0.704. The summed E-state index contributed by atoms with van der Waals surface area (Å²) >= 11 is 0. The quantitative estimate of drug-likeness (QED) is 0.497. The Morgan fingerprint density at radius 2 is 1.29 bits per heavy atom. The van der Waals surface area contributed by atoms with E-state index in [-0.39, 0.29) is 35.0 Å². The van der Waals surface area contributed by atoms with E-state index in [0.717, 1.165) is 17.7 Å². The van der Waals surface area contributed by atoms with E-state index in [1.54, 1.807) is 42.5 Å². The molecule has 3 aromatic rings. The van der Waals surface area contributed by atoms with Gasteiger partial charge in [0.15, 0.2) is 0 Å². The third-order valence-electron chi connectivity index (χ3n) is 6.97. The van der Waals surface area contributed by atoms with Crippen LogP contribution in [0.5, 0.6) is 0 Å². The Balaban J connectivity index is 1.44. The van der Waals surface area contributed by atoms with Crippen molar-refractivity contribution in [3.63, 3.8) is 0 Å². The van der Waals surface area contributed by atoms with Crippen LogP contribution < -0.4 is 4.31 Å². The number of halogens is 2. The number of sulfonamides is 2. The standard InChI is InChI=1S/C25H24F2N2O4S2/c26-24(27)19-10-12-21(13-11-19)35(32,33)29-18-25(22-8-4-5-9-23(22)29)14-16-28(17-15-25)34(30,31)20-6-2-1-3-7-20/h1-13,24H,14-18H2. The predicted molar refractivity (Wildman–Crippen MR) is 128 cm³/mol. The maximum Gasteiger partial charge on any atom is 0.264 e. The fourth-order valence-electron chi connectivity index (χ4n) is 5.04. The molecule has 0 bridgehead atoms. The molecule has 2 heterocycles. The Morgan fingerprint density at radius 1 is 0.714 bits per heavy atom. The molecule has 5 rings (SSSR count). The minimum atomic E-state index is -4.00. The first kappa shape index (κ1) is 23.9. The van der Waals surface area contributed by atoms with Crippen LogP contribution in [0.3, 0.4) is 0 Å². The topological polar surface area (TPSA) is 74.8 Å². The average molecular weight is 519 g/mol. The molecule has 0 radical (unpaired) electrons. The Hall–Kier alpha value is -2.82. The summed E-state index contributed by atoms with van der Waals surface area (Å²) in [7, 11) is -7.64. The first-order valence-electron chi connectivity index (χ1n) is 11.2. The van der Waals surface area contributed by atoms with Crippen LogP contribution in [0.2, 0.25) is 0 Å². The highest BCUT2D eigenvalue weighted by molar-refractivity contribution is 7.92. The number of benzene rings is 3. The van der Waals surface area contributed by atoms with Gasteiger partial charge in [0.1, 0.15) is 0 Å². The van der Waals surface area contributed by atoms with E-state index >= 15 is 0 Å². The number of piperidine rings is 1. The highest BCUT2D eigenvalue weighted by atomic mass is 32.2. The predicted octanol–water partition coefficient (Wildman–Crippen LogP) is 4.56. The lowest BCUT2D eigenvalue weighted by Crippen LogP contribution is -2.47. The van der Waals surface area contributed by atoms with Gasteiger partial charge in [0.25, 0.3) is 16.4 Å². The van der Waals surface area contributed by atoms with Gasteiger partial charge in [0, 0.05) is 30.6 Å². The zero-order valence-electron chi connectivity index (χ0n) is 18.7. The first-order valence-corrected chi connectivity index (χ1v) is 14.1. The van der Waals surface area contributed by atoms with Crippen LogP contribution >= 0.6 is 0 Å². The summed E-state index contributed by atoms with van der Waals surface area (Å²) in [6, 6.07) is 20.2. The van der Waals surface area contributed by atoms with Crippen molar-refractivity contribution in [1.29, 1.82) is 0 Å². The number of alkyl halides is 2. The Labute approximate surface area is 203 Å². The van der Waals surface area contributed by atoms with Gasteiger partial charge in [-0.05, 0) is 48.7 Å². The van der Waals surface area contributed by atoms with E-state index < -0.39 is 31.9 Å². The molecule has 3 aromatic carbocycles. The minimum absolute atomic E-state index is 0.0576. The highest BCUT2D eigenvalue weighted by Crippen LogP contribution is 2.49. The van der Waals surface area contributed by atoms with Crippen molar-refractivity contribution < 1.29 is 25.6 Å². The maximum absolute atomic E-state index is 13.5. The smallest absolute Gasteiger partial charge is 0.264 e. The number of hydrogen-bond donors (Lipinski definition) is 0. The zero-order valence-corrected chi connectivity index (χ0v) is 20.4. The van der Waals surface area contributed by atoms with Gasteiger partial charge >= 0.3 is 0 Å². The summed E-state index contributed by atoms with van der Waals surface area (Å²) in [5, 5.41) is 0. The van der Waals surface area contributed by atoms with Crippen LogP contribution in [-0.2, 0) is 25.5 Å². The normalized spacial score (nSPS) is 18.2. The van der Waals surface area contributed by atoms with Crippen molar-refractivity contribution in [1.82, 2.24) is 4.31 Å². The number of fused-ring (bicyclic) bond motifs is 2. The molecule has 10 heteroatoms. The van der Waals surface area contributed by atoms with E-state index in [0.29, 0.717) is 18.5 Å². The lowest BCUT2D eigenvalue weighted by atomic mass is 9.75. The van der Waals surface area contributed by atoms with Crippen LogP contribution in [-0.4, -0.2) is 40.8 Å². The second kappa shape index (κ2) is 8.69. The largest absolute Gasteiger partial charge is 0.265 e. The van der Waals surface area contributed by atoms with Crippen LogP contribution in [0.25, 0.3) is 0 Å². The molecule has 1 spiro atoms. The summed E-state index contributed by atoms with van der Waals surface area (Å²) in [4.78, 5) is 0.178. The highest BCUT2D eigenvalue weighted by Gasteiger charge is 2.49. The van der Waals surface area contributed by atoms with E-state index in [4.69, 9.17) is 0 Å². The summed E-state index contributed by atoms with van der Waals surface area (Å²) in [5.74, 6) is 0. The van der Waals surface area contributed by atoms with Gasteiger partial charge in [0.2, 0.25) is 10.0 Å². The monoisotopic (exact) mass is 518 g/mol. The van der Waals surface area contributed by atoms with Gasteiger partial charge in [0.05, 0.1) is 15.5 Å². The third-order valence-corrected chi connectivity index (χ3v) is 10.7. The maximum atomic E-state index is 13.5. The lowest BCUT2D eigenvalue weighted by Gasteiger charge is -2.39. The van der Waals surface area contributed by atoms with Gasteiger partial charge in [-0.3, -0.25) is 4.31 Å². The van der Waals surface area contributed by atoms with Gasteiger partial charge < -0.3 is 0 Å². The Bertz CT molecular complexity index is 1440. The van der Waals surface area contributed by atoms with Crippen molar-refractivity contribution in [3.05, 3.63) is 90.0 Å². The number of anilines is 1. The molecule has 0 amide bonds. The average Bonchev–Trinajstić information content (AvgIpc) is 3.19. The fraction of sp³-hybridized carbons (Fsp3) is 0.280. The van der Waals surface area contributed by atoms with Crippen molar-refractivity contribution in [2.24, 2.45) is 0 Å². The molecule has 0 aliphatic carbocycles. The summed E-state index contributed by atoms with van der Waals surface area (Å²) in [6.07, 6.45) is -1.75. The molecule has 2 aliphatic rings. The molecule has 0 atom stereocenters. The van der Waals surface area contributed by atoms with Crippen molar-refractivity contribution in [2.75, 3.05) is 23.9 Å². The molecule has 35 heavy (non-hydrogen) atoms. The number of para-hydroxylation sites is 1. The van der Waals surface area contributed by atoms with Crippen molar-refractivity contribution in [3.8, 4) is 0 Å². The van der Waals surface area contributed by atoms with E-state index in [2.05, 4.69) is 0 Å². The molecular weight excluding hydrogens is 494 g/mol. The SMILES string of the molecule is O=S(=O)(c1ccccc1)N1CCC2(CC1)CN(S(=O)(=O)c1ccc(C(F)F)cc1)c1ccccc12. The number of hydrogen-bond acceptors (Lipinski definition) is 4. The molecule has 2 aliphatic heterocycles. The first-order chi connectivity index (χ1) is 16.6.